The fourth-order valence-corrected chi connectivity index (χ4v) is 1.01. The van der Waals surface area contributed by atoms with Gasteiger partial charge in [0.05, 0.1) is 6.10 Å². The van der Waals surface area contributed by atoms with Gasteiger partial charge in [-0.3, -0.25) is 0 Å². The van der Waals surface area contributed by atoms with Gasteiger partial charge in [0.25, 0.3) is 0 Å². The van der Waals surface area contributed by atoms with Crippen LogP contribution < -0.4 is 5.32 Å². The second-order valence-corrected chi connectivity index (χ2v) is 2.57. The van der Waals surface area contributed by atoms with Crippen molar-refractivity contribution in [2.45, 2.75) is 25.3 Å². The Labute approximate surface area is 67.8 Å². The van der Waals surface area contributed by atoms with Crippen LogP contribution >= 0.6 is 0 Å². The van der Waals surface area contributed by atoms with Gasteiger partial charge in [0.15, 0.2) is 0 Å². The first kappa shape index (κ1) is 9.76. The Balaban J connectivity index is 2.13. The van der Waals surface area contributed by atoms with Gasteiger partial charge < -0.3 is 5.32 Å². The number of rotatable bonds is 2. The van der Waals surface area contributed by atoms with Gasteiger partial charge in [0.2, 0.25) is 0 Å². The Bertz CT molecular complexity index is 133. The summed E-state index contributed by atoms with van der Waals surface area (Å²) in [4.78, 5) is 7.42. The van der Waals surface area contributed by atoms with E-state index in [1.807, 2.05) is 0 Å². The molecule has 1 saturated heterocycles. The Morgan fingerprint density at radius 2 is 1.75 bits per heavy atom. The van der Waals surface area contributed by atoms with Crippen LogP contribution in [0.3, 0.4) is 0 Å². The quantitative estimate of drug-likeness (QED) is 0.518. The highest BCUT2D eigenvalue weighted by atomic mass is 19.4. The summed E-state index contributed by atoms with van der Waals surface area (Å²) in [6.07, 6.45) is -4.02. The van der Waals surface area contributed by atoms with Crippen LogP contribution in [0.5, 0.6) is 0 Å². The zero-order valence-corrected chi connectivity index (χ0v) is 6.36. The van der Waals surface area contributed by atoms with E-state index in [0.29, 0.717) is 25.9 Å². The first-order valence-corrected chi connectivity index (χ1v) is 3.70. The molecule has 0 amide bonds. The minimum atomic E-state index is -4.69. The van der Waals surface area contributed by atoms with Crippen molar-refractivity contribution >= 4 is 0 Å². The lowest BCUT2D eigenvalue weighted by atomic mass is 10.1. The summed E-state index contributed by atoms with van der Waals surface area (Å²) < 4.78 is 34.3. The van der Waals surface area contributed by atoms with Crippen LogP contribution in [0.15, 0.2) is 0 Å². The van der Waals surface area contributed by atoms with Gasteiger partial charge in [0, 0.05) is 0 Å². The molecule has 0 unspecified atom stereocenters. The number of piperidine rings is 1. The molecule has 0 spiro atoms. The predicted molar refractivity (Wildman–Crippen MR) is 34.1 cm³/mol. The summed E-state index contributed by atoms with van der Waals surface area (Å²) in [5, 5.41) is 3.00. The van der Waals surface area contributed by atoms with E-state index in [1.54, 1.807) is 0 Å². The van der Waals surface area contributed by atoms with Gasteiger partial charge in [-0.25, -0.2) is 4.89 Å². The van der Waals surface area contributed by atoms with E-state index in [0.717, 1.165) is 0 Å². The molecule has 1 heterocycles. The van der Waals surface area contributed by atoms with Gasteiger partial charge in [-0.05, 0) is 25.9 Å². The maximum atomic E-state index is 11.4. The summed E-state index contributed by atoms with van der Waals surface area (Å²) in [5.74, 6) is 0. The summed E-state index contributed by atoms with van der Waals surface area (Å²) in [6, 6.07) is 0. The minimum Gasteiger partial charge on any atom is -0.317 e. The summed E-state index contributed by atoms with van der Waals surface area (Å²) in [6.45, 7) is 1.35. The molecule has 6 heteroatoms. The molecular formula is C6H10F3NO2. The van der Waals surface area contributed by atoms with E-state index in [9.17, 15) is 13.2 Å². The van der Waals surface area contributed by atoms with Crippen LogP contribution in [0, 0.1) is 0 Å². The molecule has 1 aliphatic heterocycles. The second-order valence-electron chi connectivity index (χ2n) is 2.57. The van der Waals surface area contributed by atoms with E-state index in [1.165, 1.54) is 0 Å². The van der Waals surface area contributed by atoms with Gasteiger partial charge >= 0.3 is 6.36 Å². The lowest BCUT2D eigenvalue weighted by Gasteiger charge is -2.21. The third-order valence-corrected chi connectivity index (χ3v) is 1.56. The normalized spacial score (nSPS) is 21.2. The van der Waals surface area contributed by atoms with E-state index in [4.69, 9.17) is 0 Å². The van der Waals surface area contributed by atoms with Gasteiger partial charge in [-0.15, -0.1) is 18.1 Å². The summed E-state index contributed by atoms with van der Waals surface area (Å²) in [7, 11) is 0. The standard InChI is InChI=1S/C6H10F3NO2/c7-6(8,9)12-11-5-1-3-10-4-2-5/h5,10H,1-4H2. The van der Waals surface area contributed by atoms with Gasteiger partial charge in [-0.2, -0.15) is 0 Å². The number of alkyl halides is 3. The number of halogens is 3. The van der Waals surface area contributed by atoms with E-state index in [2.05, 4.69) is 15.1 Å². The fourth-order valence-electron chi connectivity index (χ4n) is 1.01. The molecular weight excluding hydrogens is 175 g/mol. The Morgan fingerprint density at radius 3 is 2.25 bits per heavy atom. The predicted octanol–water partition coefficient (Wildman–Crippen LogP) is 1.21. The first-order valence-electron chi connectivity index (χ1n) is 3.70. The Morgan fingerprint density at radius 1 is 1.17 bits per heavy atom. The second kappa shape index (κ2) is 4.06. The highest BCUT2D eigenvalue weighted by Crippen LogP contribution is 2.19. The molecule has 72 valence electrons. The minimum absolute atomic E-state index is 0.437. The van der Waals surface area contributed by atoms with Gasteiger partial charge in [-0.1, -0.05) is 0 Å². The Kier molecular flexibility index (Phi) is 3.30. The van der Waals surface area contributed by atoms with E-state index < -0.39 is 12.5 Å². The van der Waals surface area contributed by atoms with Gasteiger partial charge in [0.1, 0.15) is 0 Å². The molecule has 3 nitrogen and oxygen atoms in total. The average molecular weight is 185 g/mol. The topological polar surface area (TPSA) is 30.5 Å². The average Bonchev–Trinajstić information content (AvgIpc) is 2.02. The van der Waals surface area contributed by atoms with Crippen molar-refractivity contribution in [1.29, 1.82) is 0 Å². The molecule has 1 rings (SSSR count). The molecule has 0 aromatic heterocycles. The van der Waals surface area contributed by atoms with Crippen LogP contribution in [0.2, 0.25) is 0 Å². The molecule has 0 atom stereocenters. The highest BCUT2D eigenvalue weighted by molar-refractivity contribution is 4.66. The molecule has 12 heavy (non-hydrogen) atoms. The molecule has 0 aliphatic carbocycles. The van der Waals surface area contributed by atoms with Crippen molar-refractivity contribution in [2.24, 2.45) is 0 Å². The lowest BCUT2D eigenvalue weighted by Crippen LogP contribution is -2.33. The maximum absolute atomic E-state index is 11.4. The van der Waals surface area contributed by atoms with Crippen molar-refractivity contribution in [3.63, 3.8) is 0 Å². The fraction of sp³-hybridized carbons (Fsp3) is 1.00. The SMILES string of the molecule is FC(F)(F)OOC1CCNCC1. The molecule has 1 fully saturated rings. The van der Waals surface area contributed by atoms with Crippen molar-refractivity contribution in [3.8, 4) is 0 Å². The van der Waals surface area contributed by atoms with Crippen molar-refractivity contribution in [1.82, 2.24) is 5.32 Å². The summed E-state index contributed by atoms with van der Waals surface area (Å²) in [5.41, 5.74) is 0. The molecule has 0 aromatic rings. The van der Waals surface area contributed by atoms with Crippen molar-refractivity contribution in [2.75, 3.05) is 13.1 Å². The van der Waals surface area contributed by atoms with Crippen LogP contribution in [0.4, 0.5) is 13.2 Å². The van der Waals surface area contributed by atoms with Crippen LogP contribution in [-0.2, 0) is 9.78 Å². The zero-order chi connectivity index (χ0) is 9.03. The Hall–Kier alpha value is -0.330. The van der Waals surface area contributed by atoms with E-state index in [-0.39, 0.29) is 0 Å². The van der Waals surface area contributed by atoms with Crippen LogP contribution in [0.1, 0.15) is 12.8 Å². The molecule has 1 aliphatic rings. The maximum Gasteiger partial charge on any atom is 0.549 e. The molecule has 0 aromatic carbocycles. The third-order valence-electron chi connectivity index (χ3n) is 1.56. The third kappa shape index (κ3) is 3.89. The molecule has 0 bridgehead atoms. The molecule has 1 N–H and O–H groups in total. The zero-order valence-electron chi connectivity index (χ0n) is 6.36. The highest BCUT2D eigenvalue weighted by Gasteiger charge is 2.32. The number of hydrogen-bond donors (Lipinski definition) is 1. The molecule has 0 radical (unpaired) electrons. The van der Waals surface area contributed by atoms with Crippen molar-refractivity contribution < 1.29 is 22.9 Å². The largest absolute Gasteiger partial charge is 0.549 e. The number of nitrogens with one attached hydrogen (secondary N) is 1. The van der Waals surface area contributed by atoms with E-state index >= 15 is 0 Å². The number of hydrogen-bond acceptors (Lipinski definition) is 3. The first-order chi connectivity index (χ1) is 5.58. The monoisotopic (exact) mass is 185 g/mol. The van der Waals surface area contributed by atoms with Crippen molar-refractivity contribution in [3.05, 3.63) is 0 Å². The molecule has 0 saturated carbocycles. The van der Waals surface area contributed by atoms with Crippen LogP contribution in [-0.4, -0.2) is 25.6 Å². The lowest BCUT2D eigenvalue weighted by molar-refractivity contribution is -0.497. The summed E-state index contributed by atoms with van der Waals surface area (Å²) >= 11 is 0. The van der Waals surface area contributed by atoms with Crippen LogP contribution in [0.25, 0.3) is 0 Å². The smallest absolute Gasteiger partial charge is 0.317 e.